The van der Waals surface area contributed by atoms with Crippen molar-refractivity contribution in [2.24, 2.45) is 0 Å². The van der Waals surface area contributed by atoms with E-state index in [1.807, 2.05) is 45.9 Å². The van der Waals surface area contributed by atoms with Gasteiger partial charge in [-0.3, -0.25) is 0 Å². The largest absolute Gasteiger partial charge is 0.492 e. The fourth-order valence-electron chi connectivity index (χ4n) is 2.44. The van der Waals surface area contributed by atoms with E-state index in [0.29, 0.717) is 0 Å². The van der Waals surface area contributed by atoms with Gasteiger partial charge in [-0.1, -0.05) is 18.2 Å². The molecule has 0 unspecified atom stereocenters. The van der Waals surface area contributed by atoms with Crippen molar-refractivity contribution < 1.29 is 14.4 Å². The van der Waals surface area contributed by atoms with Gasteiger partial charge in [0, 0.05) is 9.58 Å². The molecule has 1 saturated heterocycles. The number of hydrogen-bond donors (Lipinski definition) is 1. The standard InChI is InChI=1S/C17H21BO3S/c1-16(2)17(3,4)21-18(20-16)13(11-19)10-14-9-12-7-5-6-8-15(12)22-14/h5-10,19H,11H2,1-4H3. The van der Waals surface area contributed by atoms with E-state index in [2.05, 4.69) is 18.2 Å². The Kier molecular flexibility index (Phi) is 3.93. The maximum Gasteiger partial charge on any atom is 0.492 e. The maximum absolute atomic E-state index is 9.74. The predicted octanol–water partition coefficient (Wildman–Crippen LogP) is 3.91. The second kappa shape index (κ2) is 5.50. The quantitative estimate of drug-likeness (QED) is 0.873. The third-order valence-electron chi connectivity index (χ3n) is 4.51. The smallest absolute Gasteiger partial charge is 0.400 e. The van der Waals surface area contributed by atoms with E-state index in [-0.39, 0.29) is 6.61 Å². The zero-order valence-electron chi connectivity index (χ0n) is 13.4. The number of aliphatic hydroxyl groups is 1. The van der Waals surface area contributed by atoms with Crippen LogP contribution in [-0.2, 0) is 9.31 Å². The molecule has 0 atom stereocenters. The summed E-state index contributed by atoms with van der Waals surface area (Å²) < 4.78 is 13.3. The van der Waals surface area contributed by atoms with Gasteiger partial charge in [0.15, 0.2) is 0 Å². The summed E-state index contributed by atoms with van der Waals surface area (Å²) in [5.41, 5.74) is -0.0387. The normalized spacial score (nSPS) is 20.8. The van der Waals surface area contributed by atoms with Gasteiger partial charge in [-0.15, -0.1) is 11.3 Å². The maximum atomic E-state index is 9.74. The third-order valence-corrected chi connectivity index (χ3v) is 5.57. The first-order valence-electron chi connectivity index (χ1n) is 7.48. The van der Waals surface area contributed by atoms with E-state index in [4.69, 9.17) is 9.31 Å². The van der Waals surface area contributed by atoms with Crippen LogP contribution in [0, 0.1) is 0 Å². The molecule has 5 heteroatoms. The van der Waals surface area contributed by atoms with Gasteiger partial charge in [-0.2, -0.15) is 0 Å². The average molecular weight is 316 g/mol. The molecule has 22 heavy (non-hydrogen) atoms. The van der Waals surface area contributed by atoms with Gasteiger partial charge in [0.25, 0.3) is 0 Å². The highest BCUT2D eigenvalue weighted by molar-refractivity contribution is 7.19. The number of fused-ring (bicyclic) bond motifs is 1. The fraction of sp³-hybridized carbons (Fsp3) is 0.412. The van der Waals surface area contributed by atoms with Crippen LogP contribution in [0.2, 0.25) is 0 Å². The summed E-state index contributed by atoms with van der Waals surface area (Å²) in [6.45, 7) is 7.98. The van der Waals surface area contributed by atoms with Gasteiger partial charge in [-0.05, 0) is 56.8 Å². The molecule has 2 heterocycles. The monoisotopic (exact) mass is 316 g/mol. The molecule has 0 radical (unpaired) electrons. The van der Waals surface area contributed by atoms with Crippen LogP contribution in [0.25, 0.3) is 16.2 Å². The molecule has 3 nitrogen and oxygen atoms in total. The highest BCUT2D eigenvalue weighted by Gasteiger charge is 2.52. The molecule has 0 spiro atoms. The molecule has 116 valence electrons. The molecule has 1 aromatic heterocycles. The van der Waals surface area contributed by atoms with Gasteiger partial charge in [0.05, 0.1) is 17.8 Å². The molecule has 1 N–H and O–H groups in total. The summed E-state index contributed by atoms with van der Waals surface area (Å²) in [5, 5.41) is 11.0. The molecular weight excluding hydrogens is 295 g/mol. The lowest BCUT2D eigenvalue weighted by molar-refractivity contribution is 0.00578. The van der Waals surface area contributed by atoms with Gasteiger partial charge >= 0.3 is 7.12 Å². The lowest BCUT2D eigenvalue weighted by Gasteiger charge is -2.32. The van der Waals surface area contributed by atoms with Crippen LogP contribution < -0.4 is 0 Å². The lowest BCUT2D eigenvalue weighted by atomic mass is 9.78. The molecule has 2 aromatic rings. The van der Waals surface area contributed by atoms with Crippen molar-refractivity contribution in [2.45, 2.75) is 38.9 Å². The van der Waals surface area contributed by atoms with Gasteiger partial charge < -0.3 is 14.4 Å². The van der Waals surface area contributed by atoms with E-state index in [9.17, 15) is 5.11 Å². The Morgan fingerprint density at radius 2 is 1.82 bits per heavy atom. The van der Waals surface area contributed by atoms with Crippen molar-refractivity contribution in [1.82, 2.24) is 0 Å². The molecule has 3 rings (SSSR count). The first-order chi connectivity index (χ1) is 10.3. The zero-order chi connectivity index (χ0) is 16.0. The molecule has 0 amide bonds. The first-order valence-corrected chi connectivity index (χ1v) is 8.29. The summed E-state index contributed by atoms with van der Waals surface area (Å²) in [5.74, 6) is 0. The van der Waals surface area contributed by atoms with Crippen molar-refractivity contribution >= 4 is 34.6 Å². The van der Waals surface area contributed by atoms with E-state index in [1.165, 1.54) is 10.1 Å². The summed E-state index contributed by atoms with van der Waals surface area (Å²) in [4.78, 5) is 1.10. The summed E-state index contributed by atoms with van der Waals surface area (Å²) in [6, 6.07) is 10.4. The number of rotatable bonds is 3. The second-order valence-corrected chi connectivity index (χ2v) is 7.77. The zero-order valence-corrected chi connectivity index (χ0v) is 14.2. The Morgan fingerprint density at radius 3 is 2.41 bits per heavy atom. The van der Waals surface area contributed by atoms with Gasteiger partial charge in [0.2, 0.25) is 0 Å². The van der Waals surface area contributed by atoms with Crippen LogP contribution in [0.3, 0.4) is 0 Å². The van der Waals surface area contributed by atoms with Crippen LogP contribution in [0.5, 0.6) is 0 Å². The summed E-state index contributed by atoms with van der Waals surface area (Å²) >= 11 is 1.70. The van der Waals surface area contributed by atoms with Crippen molar-refractivity contribution in [3.63, 3.8) is 0 Å². The van der Waals surface area contributed by atoms with Gasteiger partial charge in [0.1, 0.15) is 0 Å². The van der Waals surface area contributed by atoms with E-state index in [1.54, 1.807) is 11.3 Å². The number of hydrogen-bond acceptors (Lipinski definition) is 4. The molecule has 0 saturated carbocycles. The van der Waals surface area contributed by atoms with E-state index >= 15 is 0 Å². The Balaban J connectivity index is 1.91. The highest BCUT2D eigenvalue weighted by atomic mass is 32.1. The minimum absolute atomic E-state index is 0.0783. The number of benzene rings is 1. The van der Waals surface area contributed by atoms with Crippen molar-refractivity contribution in [3.05, 3.63) is 40.7 Å². The molecule has 0 bridgehead atoms. The van der Waals surface area contributed by atoms with Crippen molar-refractivity contribution in [2.75, 3.05) is 6.61 Å². The SMILES string of the molecule is CC1(C)OB(C(=Cc2cc3ccccc3s2)CO)OC1(C)C. The molecule has 1 fully saturated rings. The van der Waals surface area contributed by atoms with Crippen LogP contribution >= 0.6 is 11.3 Å². The van der Waals surface area contributed by atoms with E-state index in [0.717, 1.165) is 10.3 Å². The minimum Gasteiger partial charge on any atom is -0.400 e. The summed E-state index contributed by atoms with van der Waals surface area (Å²) in [6.07, 6.45) is 1.98. The molecular formula is C17H21BO3S. The topological polar surface area (TPSA) is 38.7 Å². The van der Waals surface area contributed by atoms with Crippen molar-refractivity contribution in [1.29, 1.82) is 0 Å². The Morgan fingerprint density at radius 1 is 1.18 bits per heavy atom. The highest BCUT2D eigenvalue weighted by Crippen LogP contribution is 2.39. The van der Waals surface area contributed by atoms with Crippen molar-refractivity contribution in [3.8, 4) is 0 Å². The van der Waals surface area contributed by atoms with Crippen LogP contribution in [0.15, 0.2) is 35.8 Å². The fourth-order valence-corrected chi connectivity index (χ4v) is 3.48. The second-order valence-electron chi connectivity index (χ2n) is 6.65. The molecule has 1 aromatic carbocycles. The molecule has 1 aliphatic rings. The van der Waals surface area contributed by atoms with Gasteiger partial charge in [-0.25, -0.2) is 0 Å². The van der Waals surface area contributed by atoms with Crippen LogP contribution in [0.1, 0.15) is 32.6 Å². The Hall–Kier alpha value is -1.14. The third kappa shape index (κ3) is 2.74. The Labute approximate surface area is 135 Å². The first kappa shape index (κ1) is 15.7. The number of thiophene rings is 1. The Bertz CT molecular complexity index is 669. The minimum atomic E-state index is -0.500. The van der Waals surface area contributed by atoms with Crippen LogP contribution in [0.4, 0.5) is 0 Å². The lowest BCUT2D eigenvalue weighted by Crippen LogP contribution is -2.41. The summed E-state index contributed by atoms with van der Waals surface area (Å²) in [7, 11) is -0.500. The van der Waals surface area contributed by atoms with Crippen LogP contribution in [-0.4, -0.2) is 30.0 Å². The molecule has 1 aliphatic heterocycles. The molecule has 0 aliphatic carbocycles. The average Bonchev–Trinajstić information content (AvgIpc) is 2.94. The van der Waals surface area contributed by atoms with E-state index < -0.39 is 18.3 Å². The number of aliphatic hydroxyl groups excluding tert-OH is 1. The predicted molar refractivity (Wildman–Crippen MR) is 93.0 cm³/mol.